The number of carbonyl (C=O) groups is 2. The average molecular weight is 402 g/mol. The first-order valence-electron chi connectivity index (χ1n) is 8.97. The summed E-state index contributed by atoms with van der Waals surface area (Å²) >= 11 is 0. The van der Waals surface area contributed by atoms with Crippen LogP contribution in [0.1, 0.15) is 34.9 Å². The minimum absolute atomic E-state index is 0.0445. The van der Waals surface area contributed by atoms with Crippen LogP contribution >= 0.6 is 0 Å². The molecule has 1 atom stereocenters. The van der Waals surface area contributed by atoms with Crippen LogP contribution in [-0.2, 0) is 19.6 Å². The van der Waals surface area contributed by atoms with Gasteiger partial charge in [0.1, 0.15) is 0 Å². The SMILES string of the molecule is CS(=O)(=O)Nc1ccccc1C(=O)O[C@@H](C(=O)N1CCCC1)c1ccccc1. The van der Waals surface area contributed by atoms with Gasteiger partial charge in [-0.25, -0.2) is 13.2 Å². The third-order valence-electron chi connectivity index (χ3n) is 4.41. The fraction of sp³-hybridized carbons (Fsp3) is 0.300. The summed E-state index contributed by atoms with van der Waals surface area (Å²) in [6, 6.07) is 14.9. The second-order valence-electron chi connectivity index (χ2n) is 6.65. The van der Waals surface area contributed by atoms with Crippen molar-refractivity contribution in [3.05, 3.63) is 65.7 Å². The Morgan fingerprint density at radius 1 is 1.00 bits per heavy atom. The Morgan fingerprint density at radius 2 is 1.61 bits per heavy atom. The summed E-state index contributed by atoms with van der Waals surface area (Å²) in [4.78, 5) is 27.5. The van der Waals surface area contributed by atoms with Crippen molar-refractivity contribution >= 4 is 27.6 Å². The molecule has 0 bridgehead atoms. The van der Waals surface area contributed by atoms with Crippen LogP contribution in [0.3, 0.4) is 0 Å². The van der Waals surface area contributed by atoms with Gasteiger partial charge in [0.25, 0.3) is 5.91 Å². The van der Waals surface area contributed by atoms with Gasteiger partial charge in [0.2, 0.25) is 16.1 Å². The van der Waals surface area contributed by atoms with Crippen molar-refractivity contribution in [3.8, 4) is 0 Å². The molecule has 2 aromatic carbocycles. The van der Waals surface area contributed by atoms with Crippen molar-refractivity contribution in [1.82, 2.24) is 4.90 Å². The molecule has 2 aromatic rings. The van der Waals surface area contributed by atoms with Crippen molar-refractivity contribution < 1.29 is 22.7 Å². The van der Waals surface area contributed by atoms with Crippen LogP contribution in [0.4, 0.5) is 5.69 Å². The second-order valence-corrected chi connectivity index (χ2v) is 8.40. The molecule has 8 heteroatoms. The van der Waals surface area contributed by atoms with Crippen LogP contribution in [0.25, 0.3) is 0 Å². The van der Waals surface area contributed by atoms with Gasteiger partial charge in [0.05, 0.1) is 17.5 Å². The van der Waals surface area contributed by atoms with E-state index in [1.807, 2.05) is 6.07 Å². The van der Waals surface area contributed by atoms with Gasteiger partial charge in [-0.15, -0.1) is 0 Å². The number of anilines is 1. The molecule has 1 amide bonds. The maximum atomic E-state index is 13.0. The Bertz CT molecular complexity index is 954. The van der Waals surface area contributed by atoms with Crippen molar-refractivity contribution in [3.63, 3.8) is 0 Å². The van der Waals surface area contributed by atoms with Crippen molar-refractivity contribution in [2.24, 2.45) is 0 Å². The van der Waals surface area contributed by atoms with Crippen LogP contribution in [0.15, 0.2) is 54.6 Å². The molecule has 1 fully saturated rings. The summed E-state index contributed by atoms with van der Waals surface area (Å²) in [6.45, 7) is 1.26. The fourth-order valence-corrected chi connectivity index (χ4v) is 3.69. The molecular weight excluding hydrogens is 380 g/mol. The van der Waals surface area contributed by atoms with E-state index in [2.05, 4.69) is 4.72 Å². The number of nitrogens with zero attached hydrogens (tertiary/aromatic N) is 1. The van der Waals surface area contributed by atoms with Gasteiger partial charge in [-0.2, -0.15) is 0 Å². The van der Waals surface area contributed by atoms with Crippen molar-refractivity contribution in [2.75, 3.05) is 24.1 Å². The van der Waals surface area contributed by atoms with Gasteiger partial charge < -0.3 is 9.64 Å². The van der Waals surface area contributed by atoms with E-state index >= 15 is 0 Å². The Labute approximate surface area is 164 Å². The van der Waals surface area contributed by atoms with E-state index in [1.54, 1.807) is 41.3 Å². The van der Waals surface area contributed by atoms with Crippen LogP contribution < -0.4 is 4.72 Å². The molecule has 0 aromatic heterocycles. The third kappa shape index (κ3) is 4.89. The molecule has 28 heavy (non-hydrogen) atoms. The number of ether oxygens (including phenoxy) is 1. The van der Waals surface area contributed by atoms with Crippen molar-refractivity contribution in [2.45, 2.75) is 18.9 Å². The van der Waals surface area contributed by atoms with Crippen molar-refractivity contribution in [1.29, 1.82) is 0 Å². The standard InChI is InChI=1S/C20H22N2O5S/c1-28(25,26)21-17-12-6-5-11-16(17)20(24)27-18(15-9-3-2-4-10-15)19(23)22-13-7-8-14-22/h2-6,9-12,18,21H,7-8,13-14H2,1H3/t18-/m1/s1. The zero-order valence-corrected chi connectivity index (χ0v) is 16.3. The van der Waals surface area contributed by atoms with Crippen LogP contribution in [0.5, 0.6) is 0 Å². The van der Waals surface area contributed by atoms with Crippen LogP contribution in [0.2, 0.25) is 0 Å². The molecule has 1 saturated heterocycles. The molecule has 0 radical (unpaired) electrons. The summed E-state index contributed by atoms with van der Waals surface area (Å²) in [5.74, 6) is -1.04. The maximum absolute atomic E-state index is 13.0. The number of sulfonamides is 1. The minimum Gasteiger partial charge on any atom is -0.444 e. The quantitative estimate of drug-likeness (QED) is 0.750. The minimum atomic E-state index is -3.58. The average Bonchev–Trinajstić information content (AvgIpc) is 3.20. The highest BCUT2D eigenvalue weighted by atomic mass is 32.2. The number of benzene rings is 2. The van der Waals surface area contributed by atoms with E-state index in [0.717, 1.165) is 19.1 Å². The Morgan fingerprint density at radius 3 is 2.25 bits per heavy atom. The first-order chi connectivity index (χ1) is 13.3. The van der Waals surface area contributed by atoms with Gasteiger partial charge >= 0.3 is 5.97 Å². The highest BCUT2D eigenvalue weighted by molar-refractivity contribution is 7.92. The van der Waals surface area contributed by atoms with E-state index in [0.29, 0.717) is 18.7 Å². The zero-order valence-electron chi connectivity index (χ0n) is 15.5. The molecule has 0 aliphatic carbocycles. The lowest BCUT2D eigenvalue weighted by molar-refractivity contribution is -0.140. The summed E-state index contributed by atoms with van der Waals surface area (Å²) in [5, 5.41) is 0. The Kier molecular flexibility index (Phi) is 5.99. The van der Waals surface area contributed by atoms with E-state index in [4.69, 9.17) is 4.74 Å². The smallest absolute Gasteiger partial charge is 0.341 e. The summed E-state index contributed by atoms with van der Waals surface area (Å²) < 4.78 is 31.0. The molecule has 1 aliphatic rings. The number of hydrogen-bond acceptors (Lipinski definition) is 5. The second kappa shape index (κ2) is 8.43. The van der Waals surface area contributed by atoms with Crippen LogP contribution in [0, 0.1) is 0 Å². The lowest BCUT2D eigenvalue weighted by atomic mass is 10.1. The maximum Gasteiger partial charge on any atom is 0.341 e. The van der Waals surface area contributed by atoms with Gasteiger partial charge in [0, 0.05) is 18.7 Å². The van der Waals surface area contributed by atoms with Gasteiger partial charge in [-0.3, -0.25) is 9.52 Å². The largest absolute Gasteiger partial charge is 0.444 e. The number of esters is 1. The number of hydrogen-bond donors (Lipinski definition) is 1. The first kappa shape index (κ1) is 19.9. The van der Waals surface area contributed by atoms with E-state index in [-0.39, 0.29) is 17.2 Å². The summed E-state index contributed by atoms with van der Waals surface area (Å²) in [6.07, 6.45) is 1.75. The normalized spacial score (nSPS) is 15.1. The number of likely N-dealkylation sites (tertiary alicyclic amines) is 1. The molecule has 1 heterocycles. The fourth-order valence-electron chi connectivity index (χ4n) is 3.11. The number of carbonyl (C=O) groups excluding carboxylic acids is 2. The predicted molar refractivity (Wildman–Crippen MR) is 105 cm³/mol. The topological polar surface area (TPSA) is 92.8 Å². The van der Waals surface area contributed by atoms with Gasteiger partial charge in [0.15, 0.2) is 0 Å². The molecule has 0 unspecified atom stereocenters. The molecule has 148 valence electrons. The summed E-state index contributed by atoms with van der Waals surface area (Å²) in [7, 11) is -3.58. The monoisotopic (exact) mass is 402 g/mol. The number of para-hydroxylation sites is 1. The Hall–Kier alpha value is -2.87. The predicted octanol–water partition coefficient (Wildman–Crippen LogP) is 2.58. The number of nitrogens with one attached hydrogen (secondary N) is 1. The number of amides is 1. The molecule has 0 saturated carbocycles. The molecule has 3 rings (SSSR count). The Balaban J connectivity index is 1.89. The molecule has 1 N–H and O–H groups in total. The van der Waals surface area contributed by atoms with Gasteiger partial charge in [-0.1, -0.05) is 42.5 Å². The molecule has 0 spiro atoms. The zero-order chi connectivity index (χ0) is 20.1. The molecule has 1 aliphatic heterocycles. The highest BCUT2D eigenvalue weighted by Gasteiger charge is 2.31. The molecule has 7 nitrogen and oxygen atoms in total. The van der Waals surface area contributed by atoms with Gasteiger partial charge in [-0.05, 0) is 25.0 Å². The number of rotatable bonds is 6. The van der Waals surface area contributed by atoms with E-state index < -0.39 is 22.1 Å². The lowest BCUT2D eigenvalue weighted by Gasteiger charge is -2.24. The van der Waals surface area contributed by atoms with Crippen LogP contribution in [-0.4, -0.2) is 44.5 Å². The van der Waals surface area contributed by atoms with E-state index in [9.17, 15) is 18.0 Å². The third-order valence-corrected chi connectivity index (χ3v) is 5.00. The highest BCUT2D eigenvalue weighted by Crippen LogP contribution is 2.26. The lowest BCUT2D eigenvalue weighted by Crippen LogP contribution is -2.35. The van der Waals surface area contributed by atoms with E-state index in [1.165, 1.54) is 12.1 Å². The molecular formula is C20H22N2O5S. The summed E-state index contributed by atoms with van der Waals surface area (Å²) in [5.41, 5.74) is 0.722. The first-order valence-corrected chi connectivity index (χ1v) is 10.9.